The Bertz CT molecular complexity index is 1400. The van der Waals surface area contributed by atoms with Crippen LogP contribution in [0.15, 0.2) is 70.8 Å². The molecule has 0 aromatic heterocycles. The third-order valence-electron chi connectivity index (χ3n) is 7.26. The van der Waals surface area contributed by atoms with Crippen molar-refractivity contribution >= 4 is 40.4 Å². The Kier molecular flexibility index (Phi) is 7.42. The minimum atomic E-state index is -0.807. The number of aliphatic imine (C=N–C) groups is 1. The number of hydrogen-bond acceptors (Lipinski definition) is 6. The van der Waals surface area contributed by atoms with E-state index in [4.69, 9.17) is 21.3 Å². The molecule has 3 aromatic rings. The molecule has 1 amide bonds. The zero-order valence-corrected chi connectivity index (χ0v) is 22.0. The Morgan fingerprint density at radius 3 is 2.61 bits per heavy atom. The van der Waals surface area contributed by atoms with Crippen molar-refractivity contribution in [2.75, 3.05) is 30.0 Å². The van der Waals surface area contributed by atoms with Gasteiger partial charge in [-0.25, -0.2) is 9.38 Å². The van der Waals surface area contributed by atoms with Gasteiger partial charge in [0.1, 0.15) is 23.1 Å². The number of para-hydroxylation sites is 1. The normalized spacial score (nSPS) is 17.6. The summed E-state index contributed by atoms with van der Waals surface area (Å²) in [7, 11) is 1.58. The van der Waals surface area contributed by atoms with Gasteiger partial charge in [0, 0.05) is 40.5 Å². The van der Waals surface area contributed by atoms with Crippen molar-refractivity contribution in [1.29, 1.82) is 0 Å². The van der Waals surface area contributed by atoms with Crippen LogP contribution in [0.1, 0.15) is 36.4 Å². The summed E-state index contributed by atoms with van der Waals surface area (Å²) < 4.78 is 20.8. The minimum Gasteiger partial charge on any atom is -0.495 e. The molecular weight excluding hydrogens is 507 g/mol. The summed E-state index contributed by atoms with van der Waals surface area (Å²) in [6.07, 6.45) is 1.30. The van der Waals surface area contributed by atoms with E-state index in [0.717, 1.165) is 37.2 Å². The number of amides is 1. The Hall–Kier alpha value is -3.78. The fraction of sp³-hybridized carbons (Fsp3) is 0.310. The van der Waals surface area contributed by atoms with Crippen LogP contribution >= 0.6 is 11.6 Å². The van der Waals surface area contributed by atoms with E-state index in [0.29, 0.717) is 27.9 Å². The third-order valence-corrected chi connectivity index (χ3v) is 7.49. The molecule has 5 rings (SSSR count). The van der Waals surface area contributed by atoms with E-state index in [1.165, 1.54) is 6.07 Å². The van der Waals surface area contributed by atoms with Crippen LogP contribution < -0.4 is 14.5 Å². The molecule has 1 atom stereocenters. The molecule has 2 heterocycles. The lowest BCUT2D eigenvalue weighted by atomic mass is 9.89. The van der Waals surface area contributed by atoms with Gasteiger partial charge in [-0.3, -0.25) is 4.79 Å². The first-order chi connectivity index (χ1) is 18.4. The second kappa shape index (κ2) is 10.9. The number of nitroso groups, excluding NO2 is 1. The standard InChI is InChI=1S/C29H28ClFN4O3/c1-18-9-10-26(38-2)25(15-18)35-24(17-27(36)33-37)22-7-4-8-23(31)28(22)32-29(35)19-11-13-34(14-12-19)21-6-3-5-20(30)16-21/h3-10,15-16,19,24H,11-14,17H2,1-2H3. The van der Waals surface area contributed by atoms with E-state index in [-0.39, 0.29) is 18.0 Å². The van der Waals surface area contributed by atoms with E-state index in [9.17, 15) is 9.70 Å². The molecule has 1 fully saturated rings. The maximum absolute atomic E-state index is 15.1. The third kappa shape index (κ3) is 5.00. The number of carbonyl (C=O) groups is 1. The molecule has 1 unspecified atom stereocenters. The average Bonchev–Trinajstić information content (AvgIpc) is 2.93. The van der Waals surface area contributed by atoms with Crippen molar-refractivity contribution in [3.05, 3.63) is 87.5 Å². The first-order valence-electron chi connectivity index (χ1n) is 12.6. The molecular formula is C29H28ClFN4O3. The first-order valence-corrected chi connectivity index (χ1v) is 12.9. The van der Waals surface area contributed by atoms with Gasteiger partial charge in [-0.15, -0.1) is 4.91 Å². The molecule has 1 saturated heterocycles. The number of methoxy groups -OCH3 is 1. The molecule has 196 valence electrons. The highest BCUT2D eigenvalue weighted by Crippen LogP contribution is 2.46. The summed E-state index contributed by atoms with van der Waals surface area (Å²) in [4.78, 5) is 32.7. The van der Waals surface area contributed by atoms with Crippen molar-refractivity contribution in [2.24, 2.45) is 16.1 Å². The number of rotatable bonds is 6. The zero-order chi connectivity index (χ0) is 26.8. The zero-order valence-electron chi connectivity index (χ0n) is 21.2. The molecule has 38 heavy (non-hydrogen) atoms. The quantitative estimate of drug-likeness (QED) is 0.319. The van der Waals surface area contributed by atoms with E-state index in [1.807, 2.05) is 54.3 Å². The number of benzene rings is 3. The summed E-state index contributed by atoms with van der Waals surface area (Å²) in [6.45, 7) is 3.48. The van der Waals surface area contributed by atoms with Gasteiger partial charge in [-0.2, -0.15) is 0 Å². The van der Waals surface area contributed by atoms with Crippen molar-refractivity contribution in [2.45, 2.75) is 32.2 Å². The predicted molar refractivity (Wildman–Crippen MR) is 148 cm³/mol. The highest BCUT2D eigenvalue weighted by molar-refractivity contribution is 6.30. The lowest BCUT2D eigenvalue weighted by molar-refractivity contribution is -0.118. The topological polar surface area (TPSA) is 74.6 Å². The van der Waals surface area contributed by atoms with Crippen molar-refractivity contribution in [1.82, 2.24) is 0 Å². The number of ether oxygens (including phenoxy) is 1. The number of halogens is 2. The highest BCUT2D eigenvalue weighted by Gasteiger charge is 2.39. The molecule has 0 radical (unpaired) electrons. The Morgan fingerprint density at radius 1 is 1.13 bits per heavy atom. The maximum Gasteiger partial charge on any atom is 0.288 e. The SMILES string of the molecule is COc1ccc(C)cc1N1C(C2CCN(c3cccc(Cl)c3)CC2)=Nc2c(F)cccc2C1CC(=O)N=O. The smallest absolute Gasteiger partial charge is 0.288 e. The van der Waals surface area contributed by atoms with E-state index < -0.39 is 17.8 Å². The summed E-state index contributed by atoms with van der Waals surface area (Å²) in [5.41, 5.74) is 3.48. The van der Waals surface area contributed by atoms with Crippen LogP contribution in [0.25, 0.3) is 0 Å². The van der Waals surface area contributed by atoms with Crippen molar-refractivity contribution in [3.8, 4) is 5.75 Å². The van der Waals surface area contributed by atoms with Crippen LogP contribution in [0.3, 0.4) is 0 Å². The van der Waals surface area contributed by atoms with Crippen LogP contribution in [-0.2, 0) is 4.79 Å². The Morgan fingerprint density at radius 2 is 1.89 bits per heavy atom. The molecule has 2 aliphatic rings. The lowest BCUT2D eigenvalue weighted by Crippen LogP contribution is -2.46. The summed E-state index contributed by atoms with van der Waals surface area (Å²) >= 11 is 6.22. The second-order valence-corrected chi connectivity index (χ2v) is 10.1. The molecule has 0 saturated carbocycles. The van der Waals surface area contributed by atoms with Crippen LogP contribution in [0.4, 0.5) is 21.5 Å². The fourth-order valence-corrected chi connectivity index (χ4v) is 5.61. The summed E-state index contributed by atoms with van der Waals surface area (Å²) in [6, 6.07) is 17.6. The van der Waals surface area contributed by atoms with Crippen LogP contribution in [0.2, 0.25) is 5.02 Å². The first kappa shape index (κ1) is 25.9. The van der Waals surface area contributed by atoms with Gasteiger partial charge in [-0.05, 0) is 61.7 Å². The molecule has 7 nitrogen and oxygen atoms in total. The summed E-state index contributed by atoms with van der Waals surface area (Å²) in [5, 5.41) is 3.34. The second-order valence-electron chi connectivity index (χ2n) is 9.64. The van der Waals surface area contributed by atoms with Gasteiger partial charge in [0.2, 0.25) is 0 Å². The lowest BCUT2D eigenvalue weighted by Gasteiger charge is -2.43. The molecule has 2 aliphatic heterocycles. The Labute approximate surface area is 225 Å². The number of carbonyl (C=O) groups excluding carboxylic acids is 1. The van der Waals surface area contributed by atoms with Gasteiger partial charge in [0.25, 0.3) is 5.91 Å². The maximum atomic E-state index is 15.1. The molecule has 0 aliphatic carbocycles. The average molecular weight is 535 g/mol. The van der Waals surface area contributed by atoms with Crippen LogP contribution in [0.5, 0.6) is 5.75 Å². The van der Waals surface area contributed by atoms with E-state index in [2.05, 4.69) is 10.1 Å². The molecule has 0 spiro atoms. The molecule has 0 bridgehead atoms. The number of anilines is 2. The van der Waals surface area contributed by atoms with Gasteiger partial charge in [-0.1, -0.05) is 35.9 Å². The number of amidine groups is 1. The summed E-state index contributed by atoms with van der Waals surface area (Å²) in [5.74, 6) is -0.0511. The number of piperidine rings is 1. The number of hydrogen-bond donors (Lipinski definition) is 0. The van der Waals surface area contributed by atoms with Crippen molar-refractivity contribution < 1.29 is 13.9 Å². The predicted octanol–water partition coefficient (Wildman–Crippen LogP) is 6.99. The number of nitrogens with zero attached hydrogens (tertiary/aromatic N) is 4. The number of aryl methyl sites for hydroxylation is 1. The van der Waals surface area contributed by atoms with Gasteiger partial charge < -0.3 is 14.5 Å². The van der Waals surface area contributed by atoms with E-state index in [1.54, 1.807) is 19.2 Å². The van der Waals surface area contributed by atoms with Crippen LogP contribution in [0, 0.1) is 23.6 Å². The largest absolute Gasteiger partial charge is 0.495 e. The molecule has 0 N–H and O–H groups in total. The highest BCUT2D eigenvalue weighted by atomic mass is 35.5. The molecule has 3 aromatic carbocycles. The van der Waals surface area contributed by atoms with Crippen LogP contribution in [-0.4, -0.2) is 31.9 Å². The minimum absolute atomic E-state index is 0.0230. The van der Waals surface area contributed by atoms with Gasteiger partial charge in [0.15, 0.2) is 0 Å². The van der Waals surface area contributed by atoms with Gasteiger partial charge in [0.05, 0.1) is 25.3 Å². The number of fused-ring (bicyclic) bond motifs is 1. The van der Waals surface area contributed by atoms with Crippen molar-refractivity contribution in [3.63, 3.8) is 0 Å². The van der Waals surface area contributed by atoms with E-state index >= 15 is 4.39 Å². The molecule has 9 heteroatoms. The fourth-order valence-electron chi connectivity index (χ4n) is 5.43. The van der Waals surface area contributed by atoms with Gasteiger partial charge >= 0.3 is 0 Å². The monoisotopic (exact) mass is 534 g/mol. The Balaban J connectivity index is 1.59.